The van der Waals surface area contributed by atoms with Gasteiger partial charge in [-0.15, -0.1) is 0 Å². The highest BCUT2D eigenvalue weighted by Gasteiger charge is 2.16. The zero-order valence-corrected chi connectivity index (χ0v) is 15.4. The van der Waals surface area contributed by atoms with Crippen LogP contribution in [0.2, 0.25) is 0 Å². The number of rotatable bonds is 6. The molecular formula is C16H18BrNO4S. The maximum atomic E-state index is 12.5. The van der Waals surface area contributed by atoms with Crippen LogP contribution in [-0.4, -0.2) is 21.6 Å². The second-order valence-corrected chi connectivity index (χ2v) is 7.63. The number of nitrogens with one attached hydrogen (secondary N) is 1. The molecule has 2 aromatic carbocycles. The predicted octanol–water partition coefficient (Wildman–Crippen LogP) is 4.05. The van der Waals surface area contributed by atoms with E-state index < -0.39 is 10.0 Å². The van der Waals surface area contributed by atoms with Crippen LogP contribution < -0.4 is 14.2 Å². The highest BCUT2D eigenvalue weighted by Crippen LogP contribution is 2.28. The van der Waals surface area contributed by atoms with Crippen molar-refractivity contribution in [1.82, 2.24) is 0 Å². The molecule has 0 fully saturated rings. The Bertz CT molecular complexity index is 790. The number of anilines is 1. The van der Waals surface area contributed by atoms with Gasteiger partial charge in [-0.2, -0.15) is 0 Å². The fraction of sp³-hybridized carbons (Fsp3) is 0.250. The van der Waals surface area contributed by atoms with E-state index in [9.17, 15) is 8.42 Å². The van der Waals surface area contributed by atoms with Gasteiger partial charge in [0.25, 0.3) is 10.0 Å². The van der Waals surface area contributed by atoms with Crippen molar-refractivity contribution in [1.29, 1.82) is 0 Å². The summed E-state index contributed by atoms with van der Waals surface area (Å²) in [4.78, 5) is 0.139. The van der Waals surface area contributed by atoms with Crippen LogP contribution in [0.1, 0.15) is 13.8 Å². The van der Waals surface area contributed by atoms with E-state index in [0.717, 1.165) is 0 Å². The number of hydrogen-bond donors (Lipinski definition) is 1. The molecule has 2 aromatic rings. The molecule has 0 bridgehead atoms. The van der Waals surface area contributed by atoms with Crippen LogP contribution in [0.4, 0.5) is 5.69 Å². The highest BCUT2D eigenvalue weighted by atomic mass is 79.9. The highest BCUT2D eigenvalue weighted by molar-refractivity contribution is 9.10. The summed E-state index contributed by atoms with van der Waals surface area (Å²) in [5.74, 6) is 1.17. The molecule has 0 heterocycles. The van der Waals surface area contributed by atoms with Gasteiger partial charge in [0.15, 0.2) is 0 Å². The Hall–Kier alpha value is -1.73. The predicted molar refractivity (Wildman–Crippen MR) is 93.7 cm³/mol. The second-order valence-electron chi connectivity index (χ2n) is 5.10. The lowest BCUT2D eigenvalue weighted by molar-refractivity contribution is 0.242. The number of sulfonamides is 1. The number of ether oxygens (including phenoxy) is 2. The minimum absolute atomic E-state index is 0.0133. The van der Waals surface area contributed by atoms with Crippen LogP contribution in [0.3, 0.4) is 0 Å². The molecule has 1 N–H and O–H groups in total. The van der Waals surface area contributed by atoms with Crippen molar-refractivity contribution in [2.45, 2.75) is 24.8 Å². The smallest absolute Gasteiger partial charge is 0.261 e. The normalized spacial score (nSPS) is 11.3. The third-order valence-electron chi connectivity index (χ3n) is 2.89. The van der Waals surface area contributed by atoms with Crippen LogP contribution in [-0.2, 0) is 10.0 Å². The van der Waals surface area contributed by atoms with Crippen molar-refractivity contribution < 1.29 is 17.9 Å². The molecule has 0 unspecified atom stereocenters. The van der Waals surface area contributed by atoms with Crippen LogP contribution in [0.5, 0.6) is 11.5 Å². The maximum Gasteiger partial charge on any atom is 0.261 e. The summed E-state index contributed by atoms with van der Waals surface area (Å²) >= 11 is 3.29. The fourth-order valence-corrected chi connectivity index (χ4v) is 3.70. The first-order valence-electron chi connectivity index (χ1n) is 6.95. The standard InChI is InChI=1S/C16H18BrNO4S/c1-11(2)22-13-6-4-5-12(9-13)18-23(19,20)14-7-8-16(21-3)15(17)10-14/h4-11,18H,1-3H3. The van der Waals surface area contributed by atoms with E-state index in [-0.39, 0.29) is 11.0 Å². The van der Waals surface area contributed by atoms with Crippen molar-refractivity contribution >= 4 is 31.6 Å². The molecule has 0 amide bonds. The van der Waals surface area contributed by atoms with E-state index in [2.05, 4.69) is 20.7 Å². The van der Waals surface area contributed by atoms with E-state index in [0.29, 0.717) is 21.7 Å². The van der Waals surface area contributed by atoms with Crippen LogP contribution in [0.15, 0.2) is 51.8 Å². The van der Waals surface area contributed by atoms with Gasteiger partial charge in [-0.3, -0.25) is 4.72 Å². The summed E-state index contributed by atoms with van der Waals surface area (Å²) in [6.45, 7) is 3.82. The SMILES string of the molecule is COc1ccc(S(=O)(=O)Nc2cccc(OC(C)C)c2)cc1Br. The van der Waals surface area contributed by atoms with Gasteiger partial charge >= 0.3 is 0 Å². The van der Waals surface area contributed by atoms with Gasteiger partial charge in [-0.05, 0) is 60.1 Å². The average Bonchev–Trinajstić information content (AvgIpc) is 2.46. The lowest BCUT2D eigenvalue weighted by Gasteiger charge is -2.13. The van der Waals surface area contributed by atoms with E-state index >= 15 is 0 Å². The molecule has 0 aliphatic heterocycles. The molecule has 0 aliphatic carbocycles. The third-order valence-corrected chi connectivity index (χ3v) is 4.89. The van der Waals surface area contributed by atoms with Crippen molar-refractivity contribution in [3.8, 4) is 11.5 Å². The lowest BCUT2D eigenvalue weighted by atomic mass is 10.3. The van der Waals surface area contributed by atoms with Crippen molar-refractivity contribution in [3.63, 3.8) is 0 Å². The Morgan fingerprint density at radius 2 is 1.87 bits per heavy atom. The van der Waals surface area contributed by atoms with Gasteiger partial charge in [0.05, 0.1) is 28.3 Å². The fourth-order valence-electron chi connectivity index (χ4n) is 1.93. The van der Waals surface area contributed by atoms with Gasteiger partial charge in [0.2, 0.25) is 0 Å². The molecule has 2 rings (SSSR count). The second kappa shape index (κ2) is 7.23. The Balaban J connectivity index is 2.26. The van der Waals surface area contributed by atoms with Crippen molar-refractivity contribution in [3.05, 3.63) is 46.9 Å². The van der Waals surface area contributed by atoms with E-state index in [4.69, 9.17) is 9.47 Å². The van der Waals surface area contributed by atoms with Crippen molar-refractivity contribution in [2.75, 3.05) is 11.8 Å². The quantitative estimate of drug-likeness (QED) is 0.795. The Morgan fingerprint density at radius 3 is 2.48 bits per heavy atom. The van der Waals surface area contributed by atoms with Gasteiger partial charge in [-0.25, -0.2) is 8.42 Å². The minimum Gasteiger partial charge on any atom is -0.496 e. The minimum atomic E-state index is -3.70. The molecule has 0 aromatic heterocycles. The Kier molecular flexibility index (Phi) is 5.54. The average molecular weight is 400 g/mol. The molecule has 0 saturated carbocycles. The monoisotopic (exact) mass is 399 g/mol. The molecule has 0 spiro atoms. The zero-order chi connectivity index (χ0) is 17.0. The number of halogens is 1. The molecule has 124 valence electrons. The Morgan fingerprint density at radius 1 is 1.13 bits per heavy atom. The summed E-state index contributed by atoms with van der Waals surface area (Å²) in [6, 6.07) is 11.4. The number of hydrogen-bond acceptors (Lipinski definition) is 4. The van der Waals surface area contributed by atoms with Crippen LogP contribution >= 0.6 is 15.9 Å². The van der Waals surface area contributed by atoms with Gasteiger partial charge in [0.1, 0.15) is 11.5 Å². The van der Waals surface area contributed by atoms with Crippen molar-refractivity contribution in [2.24, 2.45) is 0 Å². The summed E-state index contributed by atoms with van der Waals surface area (Å²) in [5.41, 5.74) is 0.440. The van der Waals surface area contributed by atoms with E-state index in [1.165, 1.54) is 19.2 Å². The third kappa shape index (κ3) is 4.62. The summed E-state index contributed by atoms with van der Waals surface area (Å²) in [7, 11) is -2.18. The first kappa shape index (κ1) is 17.6. The molecule has 0 aliphatic rings. The molecule has 23 heavy (non-hydrogen) atoms. The van der Waals surface area contributed by atoms with Crippen LogP contribution in [0.25, 0.3) is 0 Å². The first-order valence-corrected chi connectivity index (χ1v) is 9.22. The molecule has 0 radical (unpaired) electrons. The van der Waals surface area contributed by atoms with Gasteiger partial charge in [0, 0.05) is 6.07 Å². The lowest BCUT2D eigenvalue weighted by Crippen LogP contribution is -2.13. The molecular weight excluding hydrogens is 382 g/mol. The number of benzene rings is 2. The molecule has 0 saturated heterocycles. The summed E-state index contributed by atoms with van der Waals surface area (Å²) in [6.07, 6.45) is 0.0133. The van der Waals surface area contributed by atoms with E-state index in [1.54, 1.807) is 30.3 Å². The van der Waals surface area contributed by atoms with Gasteiger partial charge < -0.3 is 9.47 Å². The molecule has 7 heteroatoms. The maximum absolute atomic E-state index is 12.5. The van der Waals surface area contributed by atoms with Gasteiger partial charge in [-0.1, -0.05) is 6.07 Å². The van der Waals surface area contributed by atoms with Crippen LogP contribution in [0, 0.1) is 0 Å². The zero-order valence-electron chi connectivity index (χ0n) is 13.0. The molecule has 5 nitrogen and oxygen atoms in total. The molecule has 0 atom stereocenters. The van der Waals surface area contributed by atoms with E-state index in [1.807, 2.05) is 13.8 Å². The topological polar surface area (TPSA) is 64.6 Å². The summed E-state index contributed by atoms with van der Waals surface area (Å²) in [5, 5.41) is 0. The number of methoxy groups -OCH3 is 1. The largest absolute Gasteiger partial charge is 0.496 e. The Labute approximate surface area is 144 Å². The summed E-state index contributed by atoms with van der Waals surface area (Å²) < 4.78 is 38.7. The first-order chi connectivity index (χ1) is 10.8.